The summed E-state index contributed by atoms with van der Waals surface area (Å²) >= 11 is 0. The van der Waals surface area contributed by atoms with Crippen molar-refractivity contribution in [2.45, 2.75) is 25.8 Å². The van der Waals surface area contributed by atoms with E-state index in [9.17, 15) is 9.59 Å². The third-order valence-electron chi connectivity index (χ3n) is 5.35. The normalized spacial score (nSPS) is 16.1. The van der Waals surface area contributed by atoms with Crippen LogP contribution in [0.5, 0.6) is 0 Å². The Morgan fingerprint density at radius 3 is 3.04 bits per heavy atom. The fourth-order valence-corrected chi connectivity index (χ4v) is 3.88. The minimum Gasteiger partial charge on any atom is -0.459 e. The highest BCUT2D eigenvalue weighted by Crippen LogP contribution is 2.30. The van der Waals surface area contributed by atoms with Crippen LogP contribution in [0, 0.1) is 0 Å². The number of benzene rings is 1. The van der Waals surface area contributed by atoms with Crippen LogP contribution in [-0.4, -0.2) is 28.2 Å². The first-order valence-corrected chi connectivity index (χ1v) is 9.42. The molecule has 0 saturated heterocycles. The standard InChI is InChI=1S/C22H19N3O3/c26-20-7-6-15-11-14(12-23-22(15)24-20)5-8-21(27)25-10-9-17-16-3-1-2-4-18(16)28-19(17)13-25/h1-5,8,11-12H,6-7,9-10,13H2,(H,23,24,26)/b8-5+. The summed E-state index contributed by atoms with van der Waals surface area (Å²) in [7, 11) is 0. The Balaban J connectivity index is 1.31. The molecule has 2 amide bonds. The van der Waals surface area contributed by atoms with Crippen molar-refractivity contribution in [3.05, 3.63) is 65.1 Å². The quantitative estimate of drug-likeness (QED) is 0.700. The molecular formula is C22H19N3O3. The number of nitrogens with zero attached hydrogens (tertiary/aromatic N) is 2. The lowest BCUT2D eigenvalue weighted by molar-refractivity contribution is -0.127. The number of amides is 2. The van der Waals surface area contributed by atoms with E-state index in [0.717, 1.165) is 34.3 Å². The Kier molecular flexibility index (Phi) is 3.97. The largest absolute Gasteiger partial charge is 0.459 e. The average Bonchev–Trinajstić information content (AvgIpc) is 3.09. The van der Waals surface area contributed by atoms with Gasteiger partial charge < -0.3 is 14.6 Å². The Bertz CT molecular complexity index is 1130. The molecule has 2 aliphatic rings. The molecule has 5 rings (SSSR count). The van der Waals surface area contributed by atoms with E-state index in [1.165, 1.54) is 5.56 Å². The van der Waals surface area contributed by atoms with E-state index in [2.05, 4.69) is 16.4 Å². The van der Waals surface area contributed by atoms with Crippen molar-refractivity contribution in [3.63, 3.8) is 0 Å². The molecule has 140 valence electrons. The summed E-state index contributed by atoms with van der Waals surface area (Å²) in [4.78, 5) is 30.2. The Labute approximate surface area is 161 Å². The molecule has 1 N–H and O–H groups in total. The summed E-state index contributed by atoms with van der Waals surface area (Å²) in [5.74, 6) is 1.44. The lowest BCUT2D eigenvalue weighted by Gasteiger charge is -2.25. The number of hydrogen-bond donors (Lipinski definition) is 1. The van der Waals surface area contributed by atoms with Crippen LogP contribution in [0.3, 0.4) is 0 Å². The van der Waals surface area contributed by atoms with Gasteiger partial charge in [-0.15, -0.1) is 0 Å². The number of aromatic nitrogens is 1. The number of para-hydroxylation sites is 1. The summed E-state index contributed by atoms with van der Waals surface area (Å²) in [5.41, 5.74) is 3.94. The van der Waals surface area contributed by atoms with Crippen LogP contribution < -0.4 is 5.32 Å². The molecule has 2 aromatic heterocycles. The summed E-state index contributed by atoms with van der Waals surface area (Å²) in [6.45, 7) is 1.16. The predicted molar refractivity (Wildman–Crippen MR) is 106 cm³/mol. The van der Waals surface area contributed by atoms with Gasteiger partial charge in [0.05, 0.1) is 6.54 Å². The van der Waals surface area contributed by atoms with Crippen molar-refractivity contribution >= 4 is 34.7 Å². The Morgan fingerprint density at radius 1 is 1.21 bits per heavy atom. The maximum Gasteiger partial charge on any atom is 0.246 e. The average molecular weight is 373 g/mol. The van der Waals surface area contributed by atoms with Crippen LogP contribution in [0.15, 0.2) is 47.0 Å². The molecule has 2 aliphatic heterocycles. The minimum absolute atomic E-state index is 0.00600. The number of pyridine rings is 1. The third kappa shape index (κ3) is 2.97. The molecule has 0 unspecified atom stereocenters. The zero-order valence-electron chi connectivity index (χ0n) is 15.3. The van der Waals surface area contributed by atoms with Crippen LogP contribution in [0.25, 0.3) is 17.0 Å². The van der Waals surface area contributed by atoms with Crippen molar-refractivity contribution in [2.24, 2.45) is 0 Å². The van der Waals surface area contributed by atoms with Gasteiger partial charge in [0.1, 0.15) is 17.2 Å². The number of nitrogens with one attached hydrogen (secondary N) is 1. The van der Waals surface area contributed by atoms with Gasteiger partial charge in [-0.05, 0) is 42.2 Å². The first-order chi connectivity index (χ1) is 13.7. The molecule has 0 fully saturated rings. The van der Waals surface area contributed by atoms with E-state index in [1.54, 1.807) is 23.2 Å². The number of carbonyl (C=O) groups excluding carboxylic acids is 2. The van der Waals surface area contributed by atoms with E-state index in [-0.39, 0.29) is 11.8 Å². The SMILES string of the molecule is O=C1CCc2cc(/C=C/C(=O)N3CCc4c(oc5ccccc45)C3)cnc2N1. The van der Waals surface area contributed by atoms with Crippen LogP contribution in [0.1, 0.15) is 28.9 Å². The molecule has 0 bridgehead atoms. The number of fused-ring (bicyclic) bond motifs is 4. The molecule has 0 aliphatic carbocycles. The highest BCUT2D eigenvalue weighted by Gasteiger charge is 2.24. The van der Waals surface area contributed by atoms with Gasteiger partial charge in [-0.25, -0.2) is 4.98 Å². The van der Waals surface area contributed by atoms with E-state index >= 15 is 0 Å². The molecule has 1 aromatic carbocycles. The van der Waals surface area contributed by atoms with Gasteiger partial charge >= 0.3 is 0 Å². The van der Waals surface area contributed by atoms with Crippen LogP contribution in [-0.2, 0) is 29.0 Å². The summed E-state index contributed by atoms with van der Waals surface area (Å²) in [5, 5.41) is 3.91. The third-order valence-corrected chi connectivity index (χ3v) is 5.35. The minimum atomic E-state index is -0.0443. The van der Waals surface area contributed by atoms with Crippen molar-refractivity contribution in [1.82, 2.24) is 9.88 Å². The van der Waals surface area contributed by atoms with E-state index in [0.29, 0.717) is 31.7 Å². The summed E-state index contributed by atoms with van der Waals surface area (Å²) in [6, 6.07) is 9.97. The van der Waals surface area contributed by atoms with E-state index in [1.807, 2.05) is 24.3 Å². The van der Waals surface area contributed by atoms with Crippen molar-refractivity contribution in [2.75, 3.05) is 11.9 Å². The van der Waals surface area contributed by atoms with Gasteiger partial charge in [0.2, 0.25) is 11.8 Å². The van der Waals surface area contributed by atoms with Gasteiger partial charge in [-0.3, -0.25) is 9.59 Å². The van der Waals surface area contributed by atoms with Crippen LogP contribution in [0.2, 0.25) is 0 Å². The molecule has 6 nitrogen and oxygen atoms in total. The summed E-state index contributed by atoms with van der Waals surface area (Å²) < 4.78 is 5.94. The van der Waals surface area contributed by atoms with Gasteiger partial charge in [0.15, 0.2) is 0 Å². The Hall–Kier alpha value is -3.41. The smallest absolute Gasteiger partial charge is 0.246 e. The van der Waals surface area contributed by atoms with Crippen LogP contribution >= 0.6 is 0 Å². The number of rotatable bonds is 2. The van der Waals surface area contributed by atoms with Crippen LogP contribution in [0.4, 0.5) is 5.82 Å². The second-order valence-corrected chi connectivity index (χ2v) is 7.17. The van der Waals surface area contributed by atoms with Crippen molar-refractivity contribution < 1.29 is 14.0 Å². The first-order valence-electron chi connectivity index (χ1n) is 9.42. The fourth-order valence-electron chi connectivity index (χ4n) is 3.88. The lowest BCUT2D eigenvalue weighted by Crippen LogP contribution is -2.34. The molecule has 0 spiro atoms. The zero-order chi connectivity index (χ0) is 19.1. The predicted octanol–water partition coefficient (Wildman–Crippen LogP) is 3.31. The first kappa shape index (κ1) is 16.7. The number of carbonyl (C=O) groups is 2. The van der Waals surface area contributed by atoms with Gasteiger partial charge in [0, 0.05) is 36.2 Å². The highest BCUT2D eigenvalue weighted by atomic mass is 16.3. The molecule has 0 saturated carbocycles. The summed E-state index contributed by atoms with van der Waals surface area (Å²) in [6.07, 6.45) is 6.96. The van der Waals surface area contributed by atoms with Crippen molar-refractivity contribution in [1.29, 1.82) is 0 Å². The molecule has 0 atom stereocenters. The molecule has 4 heterocycles. The number of aryl methyl sites for hydroxylation is 1. The van der Waals surface area contributed by atoms with E-state index in [4.69, 9.17) is 4.42 Å². The molecule has 28 heavy (non-hydrogen) atoms. The number of hydrogen-bond acceptors (Lipinski definition) is 4. The monoisotopic (exact) mass is 373 g/mol. The van der Waals surface area contributed by atoms with Crippen molar-refractivity contribution in [3.8, 4) is 0 Å². The maximum atomic E-state index is 12.6. The lowest BCUT2D eigenvalue weighted by atomic mass is 10.0. The second kappa shape index (κ2) is 6.64. The highest BCUT2D eigenvalue weighted by molar-refractivity contribution is 5.94. The molecule has 3 aromatic rings. The van der Waals surface area contributed by atoms with Gasteiger partial charge in [-0.2, -0.15) is 0 Å². The number of anilines is 1. The topological polar surface area (TPSA) is 75.4 Å². The zero-order valence-corrected chi connectivity index (χ0v) is 15.3. The molecular weight excluding hydrogens is 354 g/mol. The molecule has 0 radical (unpaired) electrons. The van der Waals surface area contributed by atoms with Gasteiger partial charge in [0.25, 0.3) is 0 Å². The number of furan rings is 1. The second-order valence-electron chi connectivity index (χ2n) is 7.17. The Morgan fingerprint density at radius 2 is 2.11 bits per heavy atom. The molecule has 6 heteroatoms. The van der Waals surface area contributed by atoms with E-state index < -0.39 is 0 Å². The van der Waals surface area contributed by atoms with Gasteiger partial charge in [-0.1, -0.05) is 18.2 Å². The fraction of sp³-hybridized carbons (Fsp3) is 0.227. The maximum absolute atomic E-state index is 12.6.